The Morgan fingerprint density at radius 2 is 1.03 bits per heavy atom. The van der Waals surface area contributed by atoms with Crippen LogP contribution in [0.4, 0.5) is 0 Å². The quantitative estimate of drug-likeness (QED) is 0.0214. The van der Waals surface area contributed by atoms with E-state index in [9.17, 15) is 9.59 Å². The van der Waals surface area contributed by atoms with Gasteiger partial charge in [0, 0.05) is 39.0 Å². The lowest BCUT2D eigenvalue weighted by atomic mass is 10.1. The predicted octanol–water partition coefficient (Wildman–Crippen LogP) is 12.5. The van der Waals surface area contributed by atoms with Crippen LogP contribution >= 0.6 is 12.2 Å². The highest BCUT2D eigenvalue weighted by Gasteiger charge is 2.14. The third-order valence-electron chi connectivity index (χ3n) is 11.6. The van der Waals surface area contributed by atoms with E-state index >= 15 is 0 Å². The first-order valence-electron chi connectivity index (χ1n) is 25.4. The Morgan fingerprint density at radius 3 is 1.45 bits per heavy atom. The van der Waals surface area contributed by atoms with Crippen molar-refractivity contribution in [1.82, 2.24) is 15.1 Å². The van der Waals surface area contributed by atoms with Crippen LogP contribution in [0, 0.1) is 0 Å². The number of thiocarbonyl (C=S) groups is 1. The third-order valence-corrected chi connectivity index (χ3v) is 12.0. The van der Waals surface area contributed by atoms with E-state index in [1.54, 1.807) is 0 Å². The van der Waals surface area contributed by atoms with Gasteiger partial charge in [0.25, 0.3) is 0 Å². The molecule has 0 saturated heterocycles. The number of esters is 2. The fourth-order valence-corrected chi connectivity index (χ4v) is 7.86. The molecule has 0 spiro atoms. The number of likely N-dealkylation sites (N-methyl/N-ethyl adjacent to an activating group) is 1. The summed E-state index contributed by atoms with van der Waals surface area (Å²) in [5.74, 6) is -0.196. The van der Waals surface area contributed by atoms with Crippen LogP contribution in [0.5, 0.6) is 0 Å². The lowest BCUT2D eigenvalue weighted by Crippen LogP contribution is -2.43. The zero-order valence-corrected chi connectivity index (χ0v) is 40.4. The van der Waals surface area contributed by atoms with Crippen LogP contribution in [-0.2, 0) is 19.1 Å². The summed E-state index contributed by atoms with van der Waals surface area (Å²) in [5.41, 5.74) is 0. The molecule has 0 fully saturated rings. The molecular weight excluding hydrogens is 765 g/mol. The minimum Gasteiger partial charge on any atom is -0.466 e. The molecule has 0 saturated carbocycles. The van der Waals surface area contributed by atoms with Crippen LogP contribution < -0.4 is 5.32 Å². The number of hydrogen-bond donors (Lipinski definition) is 1. The van der Waals surface area contributed by atoms with Crippen LogP contribution in [0.15, 0.2) is 24.3 Å². The Labute approximate surface area is 376 Å². The zero-order valence-electron chi connectivity index (χ0n) is 39.6. The van der Waals surface area contributed by atoms with Crippen molar-refractivity contribution in [2.75, 3.05) is 66.1 Å². The van der Waals surface area contributed by atoms with Crippen molar-refractivity contribution in [2.24, 2.45) is 0 Å². The minimum absolute atomic E-state index is 0.0980. The zero-order chi connectivity index (χ0) is 43.4. The Morgan fingerprint density at radius 1 is 0.617 bits per heavy atom. The monoisotopic (exact) mass is 860 g/mol. The van der Waals surface area contributed by atoms with E-state index in [4.69, 9.17) is 21.7 Å². The number of carbonyl (C=O) groups excluding carboxylic acids is 2. The smallest absolute Gasteiger partial charge is 0.305 e. The molecule has 0 bridgehead atoms. The van der Waals surface area contributed by atoms with E-state index < -0.39 is 0 Å². The maximum atomic E-state index is 12.4. The molecule has 0 aromatic heterocycles. The molecule has 1 N–H and O–H groups in total. The molecule has 0 radical (unpaired) electrons. The number of rotatable bonds is 42. The van der Waals surface area contributed by atoms with Gasteiger partial charge >= 0.3 is 11.9 Å². The van der Waals surface area contributed by atoms with Crippen LogP contribution in [0.3, 0.4) is 0 Å². The molecule has 0 aliphatic carbocycles. The Kier molecular flexibility index (Phi) is 40.3. The van der Waals surface area contributed by atoms with Crippen molar-refractivity contribution >= 4 is 35.5 Å². The average molecular weight is 860 g/mol. The second-order valence-electron chi connectivity index (χ2n) is 17.4. The molecule has 1 aliphatic heterocycles. The minimum atomic E-state index is -0.0980. The molecule has 1 aliphatic rings. The summed E-state index contributed by atoms with van der Waals surface area (Å²) in [6.45, 7) is 11.8. The first-order chi connectivity index (χ1) is 29.5. The van der Waals surface area contributed by atoms with Gasteiger partial charge in [0.15, 0.2) is 17.9 Å². The highest BCUT2D eigenvalue weighted by atomic mass is 32.1. The highest BCUT2D eigenvalue weighted by Crippen LogP contribution is 2.12. The first kappa shape index (κ1) is 55.8. The van der Waals surface area contributed by atoms with Crippen LogP contribution in [0.2, 0.25) is 0 Å². The molecule has 8 nitrogen and oxygen atoms in total. The van der Waals surface area contributed by atoms with Crippen molar-refractivity contribution in [3.05, 3.63) is 24.3 Å². The number of nitrogens with one attached hydrogen (secondary N) is 1. The second-order valence-corrected chi connectivity index (χ2v) is 17.7. The third kappa shape index (κ3) is 37.5. The number of carbonyl (C=O) groups is 2. The summed E-state index contributed by atoms with van der Waals surface area (Å²) in [6.07, 6.45) is 47.5. The summed E-state index contributed by atoms with van der Waals surface area (Å²) in [7, 11) is 2.13. The summed E-state index contributed by atoms with van der Waals surface area (Å²) in [6, 6.07) is 0. The van der Waals surface area contributed by atoms with Crippen molar-refractivity contribution in [2.45, 2.75) is 213 Å². The summed E-state index contributed by atoms with van der Waals surface area (Å²) in [5, 5.41) is 4.18. The second kappa shape index (κ2) is 43.4. The van der Waals surface area contributed by atoms with Gasteiger partial charge in [-0.05, 0) is 95.7 Å². The number of ether oxygens (including phenoxy) is 2. The molecule has 1 heterocycles. The maximum absolute atomic E-state index is 12.4. The van der Waals surface area contributed by atoms with Gasteiger partial charge in [-0.25, -0.2) is 4.58 Å². The van der Waals surface area contributed by atoms with Gasteiger partial charge in [0.2, 0.25) is 0 Å². The van der Waals surface area contributed by atoms with Crippen molar-refractivity contribution in [3.8, 4) is 0 Å². The average Bonchev–Trinajstić information content (AvgIpc) is 3.25. The van der Waals surface area contributed by atoms with E-state index in [0.29, 0.717) is 52.0 Å². The first-order valence-corrected chi connectivity index (χ1v) is 25.8. The molecule has 0 unspecified atom stereocenters. The Hall–Kier alpha value is -2.26. The molecule has 0 aromatic carbocycles. The number of allylic oxidation sites excluding steroid dienone is 4. The molecule has 0 amide bonds. The van der Waals surface area contributed by atoms with Gasteiger partial charge in [0.05, 0.1) is 26.3 Å². The molecule has 9 heteroatoms. The highest BCUT2D eigenvalue weighted by molar-refractivity contribution is 7.80. The summed E-state index contributed by atoms with van der Waals surface area (Å²) >= 11 is 5.83. The van der Waals surface area contributed by atoms with Crippen LogP contribution in [0.25, 0.3) is 0 Å². The number of unbranched alkanes of at least 4 members (excludes halogenated alkanes) is 22. The molecule has 0 atom stereocenters. The van der Waals surface area contributed by atoms with E-state index in [1.807, 2.05) is 0 Å². The fraction of sp³-hybridized carbons (Fsp3) is 0.843. The maximum Gasteiger partial charge on any atom is 0.305 e. The van der Waals surface area contributed by atoms with E-state index in [2.05, 4.69) is 71.1 Å². The fourth-order valence-electron chi connectivity index (χ4n) is 7.57. The predicted molar refractivity (Wildman–Crippen MR) is 260 cm³/mol. The van der Waals surface area contributed by atoms with Gasteiger partial charge in [-0.1, -0.05) is 141 Å². The van der Waals surface area contributed by atoms with E-state index in [1.165, 1.54) is 141 Å². The summed E-state index contributed by atoms with van der Waals surface area (Å²) < 4.78 is 13.5. The Balaban J connectivity index is 2.21. The van der Waals surface area contributed by atoms with Gasteiger partial charge < -0.3 is 19.7 Å². The lowest BCUT2D eigenvalue weighted by molar-refractivity contribution is -0.499. The van der Waals surface area contributed by atoms with Crippen molar-refractivity contribution < 1.29 is 23.6 Å². The van der Waals surface area contributed by atoms with Gasteiger partial charge in [-0.3, -0.25) is 14.5 Å². The SMILES string of the molecule is CCCCCCCC/C=C\CCCCCCCC(=O)OCCCN(CCCOC(=O)CCCCCCC/C=C\CCCCCCCC)C(=S)NCCCN1CC=[N+](C)CC1. The molecule has 348 valence electrons. The standard InChI is InChI=1S/C51H94N4O4S/c1-4-6-8-10-12-14-16-18-20-22-24-26-28-30-32-37-49(56)58-47-35-41-55(51(60)52-39-34-40-54-45-43-53(3)44-46-54)42-36-48-59-50(57)38-33-31-29-27-25-23-21-19-17-15-13-11-9-7-5-2/h18-21,43H,4-17,22-42,44-48H2,1-3H3/p+1/b20-18-,21-19-. The van der Waals surface area contributed by atoms with Crippen LogP contribution in [-0.4, -0.2) is 104 Å². The normalized spacial score (nSPS) is 13.3. The summed E-state index contributed by atoms with van der Waals surface area (Å²) in [4.78, 5) is 29.5. The van der Waals surface area contributed by atoms with Gasteiger partial charge in [-0.15, -0.1) is 0 Å². The molecule has 0 aromatic rings. The van der Waals surface area contributed by atoms with E-state index in [0.717, 1.165) is 69.9 Å². The Bertz CT molecular complexity index is 1050. The number of nitrogens with zero attached hydrogens (tertiary/aromatic N) is 3. The largest absolute Gasteiger partial charge is 0.466 e. The van der Waals surface area contributed by atoms with E-state index in [-0.39, 0.29) is 11.9 Å². The molecule has 1 rings (SSSR count). The van der Waals surface area contributed by atoms with Gasteiger partial charge in [0.1, 0.15) is 7.05 Å². The van der Waals surface area contributed by atoms with Gasteiger partial charge in [-0.2, -0.15) is 0 Å². The topological polar surface area (TPSA) is 74.1 Å². The van der Waals surface area contributed by atoms with Crippen molar-refractivity contribution in [1.29, 1.82) is 0 Å². The van der Waals surface area contributed by atoms with Crippen molar-refractivity contribution in [3.63, 3.8) is 0 Å². The molecular formula is C51H95N4O4S+. The van der Waals surface area contributed by atoms with Crippen LogP contribution in [0.1, 0.15) is 213 Å². The number of hydrogen-bond acceptors (Lipinski definition) is 6. The molecule has 60 heavy (non-hydrogen) atoms. The lowest BCUT2D eigenvalue weighted by Gasteiger charge is -2.26.